The Morgan fingerprint density at radius 1 is 1.24 bits per heavy atom. The van der Waals surface area contributed by atoms with E-state index in [1.807, 2.05) is 0 Å². The predicted octanol–water partition coefficient (Wildman–Crippen LogP) is 0.254. The van der Waals surface area contributed by atoms with Crippen LogP contribution in [0.1, 0.15) is 10.5 Å². The number of ether oxygens (including phenoxy) is 1. The highest BCUT2D eigenvalue weighted by Gasteiger charge is 2.14. The molecule has 110 valence electrons. The number of pyridine rings is 1. The first-order valence-electron chi connectivity index (χ1n) is 5.76. The Labute approximate surface area is 121 Å². The number of aromatic carboxylic acids is 1. The van der Waals surface area contributed by atoms with Crippen LogP contribution in [0.4, 0.5) is 5.69 Å². The van der Waals surface area contributed by atoms with Crippen molar-refractivity contribution in [3.8, 4) is 5.75 Å². The smallest absolute Gasteiger partial charge is 0.261 e. The van der Waals surface area contributed by atoms with Crippen molar-refractivity contribution < 1.29 is 23.1 Å². The van der Waals surface area contributed by atoms with Gasteiger partial charge in [0, 0.05) is 6.20 Å². The largest absolute Gasteiger partial charge is 0.543 e. The summed E-state index contributed by atoms with van der Waals surface area (Å²) in [6.07, 6.45) is 1.18. The van der Waals surface area contributed by atoms with Gasteiger partial charge >= 0.3 is 0 Å². The van der Waals surface area contributed by atoms with E-state index in [1.54, 1.807) is 0 Å². The molecule has 0 saturated carbocycles. The normalized spacial score (nSPS) is 10.9. The van der Waals surface area contributed by atoms with E-state index in [1.165, 1.54) is 43.6 Å². The summed E-state index contributed by atoms with van der Waals surface area (Å²) in [5, 5.41) is 10.7. The summed E-state index contributed by atoms with van der Waals surface area (Å²) in [4.78, 5) is 14.3. The number of sulfonamides is 1. The zero-order valence-corrected chi connectivity index (χ0v) is 11.8. The molecule has 21 heavy (non-hydrogen) atoms. The van der Waals surface area contributed by atoms with Gasteiger partial charge < -0.3 is 14.6 Å². The van der Waals surface area contributed by atoms with Crippen molar-refractivity contribution in [3.63, 3.8) is 0 Å². The number of hydrogen-bond acceptors (Lipinski definition) is 6. The molecule has 0 unspecified atom stereocenters. The van der Waals surface area contributed by atoms with Gasteiger partial charge in [-0.05, 0) is 36.4 Å². The summed E-state index contributed by atoms with van der Waals surface area (Å²) in [6, 6.07) is 8.19. The van der Waals surface area contributed by atoms with E-state index >= 15 is 0 Å². The Bertz CT molecular complexity index is 756. The number of benzene rings is 1. The van der Waals surface area contributed by atoms with Gasteiger partial charge in [-0.25, -0.2) is 8.42 Å². The summed E-state index contributed by atoms with van der Waals surface area (Å²) in [7, 11) is -2.36. The molecule has 8 heteroatoms. The maximum Gasteiger partial charge on any atom is 0.261 e. The van der Waals surface area contributed by atoms with Crippen LogP contribution in [0.2, 0.25) is 0 Å². The SMILES string of the molecule is COc1ccc(S(=O)(=O)Nc2ccnc(C(=O)[O-])c2)cc1. The van der Waals surface area contributed by atoms with Gasteiger partial charge in [0.25, 0.3) is 10.0 Å². The number of carbonyl (C=O) groups excluding carboxylic acids is 1. The Hall–Kier alpha value is -2.61. The lowest BCUT2D eigenvalue weighted by Gasteiger charge is -2.10. The molecule has 0 amide bonds. The number of carboxylic acids is 1. The first-order valence-corrected chi connectivity index (χ1v) is 7.25. The average molecular weight is 307 g/mol. The van der Waals surface area contributed by atoms with Crippen molar-refractivity contribution in [1.82, 2.24) is 4.98 Å². The van der Waals surface area contributed by atoms with Crippen molar-refractivity contribution in [2.24, 2.45) is 0 Å². The van der Waals surface area contributed by atoms with Gasteiger partial charge in [0.1, 0.15) is 5.75 Å². The first kappa shape index (κ1) is 14.8. The van der Waals surface area contributed by atoms with E-state index in [9.17, 15) is 18.3 Å². The molecule has 0 aliphatic carbocycles. The number of carbonyl (C=O) groups is 1. The Morgan fingerprint density at radius 2 is 1.90 bits per heavy atom. The highest BCUT2D eigenvalue weighted by molar-refractivity contribution is 7.92. The van der Waals surface area contributed by atoms with E-state index in [-0.39, 0.29) is 16.3 Å². The van der Waals surface area contributed by atoms with Crippen LogP contribution in [-0.4, -0.2) is 26.5 Å². The molecule has 2 aromatic rings. The monoisotopic (exact) mass is 307 g/mol. The van der Waals surface area contributed by atoms with Crippen LogP contribution in [0.25, 0.3) is 0 Å². The first-order chi connectivity index (χ1) is 9.92. The second-order valence-corrected chi connectivity index (χ2v) is 5.68. The Balaban J connectivity index is 2.28. The molecule has 2 rings (SSSR count). The van der Waals surface area contributed by atoms with E-state index in [0.29, 0.717) is 5.75 Å². The molecule has 0 radical (unpaired) electrons. The van der Waals surface area contributed by atoms with Gasteiger partial charge in [-0.3, -0.25) is 9.71 Å². The van der Waals surface area contributed by atoms with Crippen LogP contribution in [0.3, 0.4) is 0 Å². The molecule has 0 fully saturated rings. The van der Waals surface area contributed by atoms with Crippen LogP contribution in [0.5, 0.6) is 5.75 Å². The molecule has 0 aliphatic heterocycles. The van der Waals surface area contributed by atoms with Crippen molar-refractivity contribution in [2.75, 3.05) is 11.8 Å². The highest BCUT2D eigenvalue weighted by atomic mass is 32.2. The number of rotatable bonds is 5. The lowest BCUT2D eigenvalue weighted by Crippen LogP contribution is -2.23. The summed E-state index contributed by atoms with van der Waals surface area (Å²) < 4.78 is 31.5. The number of nitrogens with zero attached hydrogens (tertiary/aromatic N) is 1. The van der Waals surface area contributed by atoms with E-state index < -0.39 is 16.0 Å². The lowest BCUT2D eigenvalue weighted by atomic mass is 10.3. The van der Waals surface area contributed by atoms with Crippen LogP contribution >= 0.6 is 0 Å². The Morgan fingerprint density at radius 3 is 2.48 bits per heavy atom. The Kier molecular flexibility index (Phi) is 4.08. The predicted molar refractivity (Wildman–Crippen MR) is 72.4 cm³/mol. The summed E-state index contributed by atoms with van der Waals surface area (Å²) in [6.45, 7) is 0. The molecule has 0 saturated heterocycles. The summed E-state index contributed by atoms with van der Waals surface area (Å²) >= 11 is 0. The van der Waals surface area contributed by atoms with Crippen molar-refractivity contribution in [2.45, 2.75) is 4.90 Å². The molecule has 7 nitrogen and oxygen atoms in total. The molecule has 1 heterocycles. The third-order valence-electron chi connectivity index (χ3n) is 2.59. The number of aromatic nitrogens is 1. The number of methoxy groups -OCH3 is 1. The lowest BCUT2D eigenvalue weighted by molar-refractivity contribution is -0.255. The van der Waals surface area contributed by atoms with Crippen LogP contribution in [0.15, 0.2) is 47.5 Å². The van der Waals surface area contributed by atoms with Gasteiger partial charge in [-0.15, -0.1) is 0 Å². The molecule has 0 spiro atoms. The average Bonchev–Trinajstić information content (AvgIpc) is 2.47. The van der Waals surface area contributed by atoms with E-state index in [2.05, 4.69) is 9.71 Å². The minimum Gasteiger partial charge on any atom is -0.543 e. The van der Waals surface area contributed by atoms with Gasteiger partial charge in [0.05, 0.1) is 29.4 Å². The fourth-order valence-corrected chi connectivity index (χ4v) is 2.62. The minimum atomic E-state index is -3.83. The van der Waals surface area contributed by atoms with Crippen LogP contribution in [-0.2, 0) is 10.0 Å². The third kappa shape index (κ3) is 3.48. The van der Waals surface area contributed by atoms with Crippen molar-refractivity contribution in [1.29, 1.82) is 0 Å². The van der Waals surface area contributed by atoms with Gasteiger partial charge in [-0.1, -0.05) is 0 Å². The topological polar surface area (TPSA) is 108 Å². The van der Waals surface area contributed by atoms with Gasteiger partial charge in [0.15, 0.2) is 0 Å². The highest BCUT2D eigenvalue weighted by Crippen LogP contribution is 2.19. The molecule has 0 atom stereocenters. The zero-order chi connectivity index (χ0) is 15.5. The quantitative estimate of drug-likeness (QED) is 0.848. The molecule has 1 N–H and O–H groups in total. The zero-order valence-electron chi connectivity index (χ0n) is 10.9. The number of anilines is 1. The maximum absolute atomic E-state index is 12.1. The molecule has 0 bridgehead atoms. The minimum absolute atomic E-state index is 0.0233. The molecular formula is C13H11N2O5S-. The summed E-state index contributed by atoms with van der Waals surface area (Å²) in [5.74, 6) is -0.961. The van der Waals surface area contributed by atoms with Crippen LogP contribution < -0.4 is 14.6 Å². The second kappa shape index (κ2) is 5.80. The molecule has 0 aliphatic rings. The summed E-state index contributed by atoms with van der Waals surface area (Å²) in [5.41, 5.74) is -0.273. The second-order valence-electron chi connectivity index (χ2n) is 4.00. The van der Waals surface area contributed by atoms with E-state index in [4.69, 9.17) is 4.74 Å². The van der Waals surface area contributed by atoms with Crippen molar-refractivity contribution >= 4 is 21.7 Å². The number of carboxylic acid groups (broad SMARTS) is 1. The standard InChI is InChI=1S/C13H12N2O5S/c1-20-10-2-4-11(5-3-10)21(18,19)15-9-6-7-14-12(8-9)13(16)17/h2-8H,1H3,(H,14,15)(H,16,17)/p-1. The maximum atomic E-state index is 12.1. The third-order valence-corrected chi connectivity index (χ3v) is 3.99. The number of hydrogen-bond donors (Lipinski definition) is 1. The number of nitrogens with one attached hydrogen (secondary N) is 1. The van der Waals surface area contributed by atoms with Gasteiger partial charge in [0.2, 0.25) is 0 Å². The molecular weight excluding hydrogens is 296 g/mol. The van der Waals surface area contributed by atoms with Gasteiger partial charge in [-0.2, -0.15) is 0 Å². The fourth-order valence-electron chi connectivity index (χ4n) is 1.57. The van der Waals surface area contributed by atoms with E-state index in [0.717, 1.165) is 6.07 Å². The molecule has 1 aromatic carbocycles. The van der Waals surface area contributed by atoms with Crippen LogP contribution in [0, 0.1) is 0 Å². The van der Waals surface area contributed by atoms with Crippen molar-refractivity contribution in [3.05, 3.63) is 48.3 Å². The fraction of sp³-hybridized carbons (Fsp3) is 0.0769. The molecule has 1 aromatic heterocycles.